The van der Waals surface area contributed by atoms with Gasteiger partial charge in [0.25, 0.3) is 0 Å². The zero-order valence-corrected chi connectivity index (χ0v) is 31.4. The van der Waals surface area contributed by atoms with Gasteiger partial charge < -0.3 is 0 Å². The molecule has 0 saturated carbocycles. The number of fused-ring (bicyclic) bond motifs is 6. The Bertz CT molecular complexity index is 2840. The van der Waals surface area contributed by atoms with Crippen LogP contribution in [0, 0.1) is 0 Å². The lowest BCUT2D eigenvalue weighted by Gasteiger charge is -2.40. The van der Waals surface area contributed by atoms with Gasteiger partial charge in [0.2, 0.25) is 0 Å². The topological polar surface area (TPSA) is 36.1 Å². The molecule has 1 fully saturated rings. The Kier molecular flexibility index (Phi) is 8.18. The largest absolute Gasteiger partial charge is 0.279 e. The van der Waals surface area contributed by atoms with Gasteiger partial charge in [0.05, 0.1) is 23.9 Å². The summed E-state index contributed by atoms with van der Waals surface area (Å²) >= 11 is 0. The quantitative estimate of drug-likeness (QED) is 0.159. The third kappa shape index (κ3) is 5.47. The Labute approximate surface area is 333 Å². The van der Waals surface area contributed by atoms with Crippen LogP contribution in [-0.2, 0) is 5.41 Å². The van der Waals surface area contributed by atoms with Crippen molar-refractivity contribution in [1.29, 1.82) is 0 Å². The fourth-order valence-electron chi connectivity index (χ4n) is 9.76. The molecule has 1 aliphatic heterocycles. The van der Waals surface area contributed by atoms with Crippen molar-refractivity contribution in [2.75, 3.05) is 0 Å². The Balaban J connectivity index is 1.09. The normalized spacial score (nSPS) is 20.0. The Morgan fingerprint density at radius 3 is 1.47 bits per heavy atom. The van der Waals surface area contributed by atoms with Gasteiger partial charge in [-0.2, -0.15) is 0 Å². The summed E-state index contributed by atoms with van der Waals surface area (Å²) in [6.07, 6.45) is -0.263. The van der Waals surface area contributed by atoms with Gasteiger partial charge in [0.15, 0.2) is 0 Å². The molecule has 57 heavy (non-hydrogen) atoms. The molecule has 3 nitrogen and oxygen atoms in total. The van der Waals surface area contributed by atoms with Crippen LogP contribution in [0.2, 0.25) is 0 Å². The van der Waals surface area contributed by atoms with Crippen LogP contribution in [-0.4, -0.2) is 0 Å². The van der Waals surface area contributed by atoms with E-state index < -0.39 is 5.41 Å². The smallest absolute Gasteiger partial charge is 0.0870 e. The molecule has 3 N–H and O–H groups in total. The second-order valence-electron chi connectivity index (χ2n) is 15.3. The van der Waals surface area contributed by atoms with Crippen LogP contribution in [0.4, 0.5) is 0 Å². The zero-order valence-electron chi connectivity index (χ0n) is 31.4. The highest BCUT2D eigenvalue weighted by Gasteiger charge is 2.46. The minimum atomic E-state index is -0.485. The van der Waals surface area contributed by atoms with Crippen LogP contribution in [0.25, 0.3) is 43.8 Å². The lowest BCUT2D eigenvalue weighted by Crippen LogP contribution is -2.54. The maximum Gasteiger partial charge on any atom is 0.0870 e. The molecular weight excluding hydrogens is 691 g/mol. The van der Waals surface area contributed by atoms with Crippen molar-refractivity contribution in [3.8, 4) is 22.3 Å². The van der Waals surface area contributed by atoms with Crippen molar-refractivity contribution in [2.24, 2.45) is 0 Å². The summed E-state index contributed by atoms with van der Waals surface area (Å²) in [6, 6.07) is 77.9. The summed E-state index contributed by atoms with van der Waals surface area (Å²) in [4.78, 5) is 0. The second-order valence-corrected chi connectivity index (χ2v) is 15.3. The van der Waals surface area contributed by atoms with E-state index in [1.54, 1.807) is 0 Å². The summed E-state index contributed by atoms with van der Waals surface area (Å²) in [7, 11) is 0. The predicted octanol–water partition coefficient (Wildman–Crippen LogP) is 12.2. The molecule has 9 aromatic rings. The van der Waals surface area contributed by atoms with Gasteiger partial charge in [0.1, 0.15) is 0 Å². The van der Waals surface area contributed by atoms with E-state index in [0.29, 0.717) is 0 Å². The van der Waals surface area contributed by atoms with E-state index in [-0.39, 0.29) is 18.5 Å². The van der Waals surface area contributed by atoms with Crippen molar-refractivity contribution in [1.82, 2.24) is 16.0 Å². The number of nitrogens with one attached hydrogen (secondary N) is 3. The molecule has 2 aliphatic rings. The number of hydrogen-bond acceptors (Lipinski definition) is 3. The molecule has 9 aromatic carbocycles. The first-order valence-corrected chi connectivity index (χ1v) is 20.0. The van der Waals surface area contributed by atoms with Gasteiger partial charge in [0, 0.05) is 0 Å². The second kappa shape index (κ2) is 13.8. The molecule has 3 heteroatoms. The molecule has 0 amide bonds. The van der Waals surface area contributed by atoms with Crippen molar-refractivity contribution in [3.63, 3.8) is 0 Å². The molecule has 272 valence electrons. The van der Waals surface area contributed by atoms with Gasteiger partial charge in [-0.15, -0.1) is 0 Å². The van der Waals surface area contributed by atoms with Crippen LogP contribution in [0.1, 0.15) is 57.4 Å². The highest BCUT2D eigenvalue weighted by molar-refractivity contribution is 6.04. The molecule has 3 unspecified atom stereocenters. The van der Waals surface area contributed by atoms with E-state index in [4.69, 9.17) is 0 Å². The molecule has 11 rings (SSSR count). The van der Waals surface area contributed by atoms with E-state index in [0.717, 1.165) is 0 Å². The molecule has 1 saturated heterocycles. The fourth-order valence-corrected chi connectivity index (χ4v) is 9.76. The summed E-state index contributed by atoms with van der Waals surface area (Å²) in [5, 5.41) is 16.8. The van der Waals surface area contributed by atoms with Gasteiger partial charge in [-0.3, -0.25) is 16.0 Å². The van der Waals surface area contributed by atoms with Crippen molar-refractivity contribution < 1.29 is 0 Å². The minimum absolute atomic E-state index is 0.0614. The van der Waals surface area contributed by atoms with Crippen LogP contribution < -0.4 is 16.0 Å². The fraction of sp³-hybridized carbons (Fsp3) is 0.0741. The van der Waals surface area contributed by atoms with Gasteiger partial charge in [-0.05, 0) is 82.7 Å². The van der Waals surface area contributed by atoms with Crippen LogP contribution in [0.15, 0.2) is 212 Å². The first-order chi connectivity index (χ1) is 28.3. The van der Waals surface area contributed by atoms with Gasteiger partial charge >= 0.3 is 0 Å². The van der Waals surface area contributed by atoms with E-state index >= 15 is 0 Å². The Morgan fingerprint density at radius 1 is 0.333 bits per heavy atom. The molecule has 3 atom stereocenters. The standard InChI is InChI=1S/C54H41N3/c1-4-18-39(19-5-1)51-55-52(40-20-6-2-7-21-40)57-53(56-51)46-34-30-36-16-10-12-24-43(36)49(46)38-28-32-42(33-29-38)54(41-22-8-3-9-23-41)47-27-15-14-26-45(47)50-44-25-13-11-17-37(44)31-35-48(50)54/h1-35,51-53,55-57H. The lowest BCUT2D eigenvalue weighted by atomic mass is 9.67. The average Bonchev–Trinajstić information content (AvgIpc) is 3.61. The maximum atomic E-state index is 3.96. The SMILES string of the molecule is c1ccc(C2NC(c3ccccc3)NC(c3ccc4ccccc4c3-c3ccc(C4(c5ccccc5)c5ccccc5-c5c4ccc4ccccc54)cc3)N2)cc1. The van der Waals surface area contributed by atoms with Crippen LogP contribution in [0.3, 0.4) is 0 Å². The van der Waals surface area contributed by atoms with Crippen molar-refractivity contribution >= 4 is 21.5 Å². The first-order valence-electron chi connectivity index (χ1n) is 20.0. The number of rotatable bonds is 6. The summed E-state index contributed by atoms with van der Waals surface area (Å²) in [6.45, 7) is 0. The van der Waals surface area contributed by atoms with E-state index in [1.807, 2.05) is 0 Å². The van der Waals surface area contributed by atoms with Crippen molar-refractivity contribution in [2.45, 2.75) is 23.9 Å². The van der Waals surface area contributed by atoms with E-state index in [9.17, 15) is 0 Å². The minimum Gasteiger partial charge on any atom is -0.279 e. The average molecular weight is 732 g/mol. The van der Waals surface area contributed by atoms with Crippen LogP contribution >= 0.6 is 0 Å². The molecule has 0 radical (unpaired) electrons. The molecule has 1 heterocycles. The first kappa shape index (κ1) is 33.7. The monoisotopic (exact) mass is 731 g/mol. The molecule has 0 spiro atoms. The molecule has 0 bridgehead atoms. The van der Waals surface area contributed by atoms with E-state index in [2.05, 4.69) is 228 Å². The van der Waals surface area contributed by atoms with Gasteiger partial charge in [-0.25, -0.2) is 0 Å². The number of benzene rings is 9. The lowest BCUT2D eigenvalue weighted by molar-refractivity contribution is 0.203. The highest BCUT2D eigenvalue weighted by Crippen LogP contribution is 2.58. The highest BCUT2D eigenvalue weighted by atomic mass is 15.4. The molecule has 0 aromatic heterocycles. The molecular formula is C54H41N3. The number of hydrogen-bond donors (Lipinski definition) is 3. The van der Waals surface area contributed by atoms with Crippen molar-refractivity contribution in [3.05, 3.63) is 251 Å². The molecule has 1 aliphatic carbocycles. The Hall–Kier alpha value is -6.62. The zero-order chi connectivity index (χ0) is 37.8. The predicted molar refractivity (Wildman–Crippen MR) is 235 cm³/mol. The summed E-state index contributed by atoms with van der Waals surface area (Å²) in [5.41, 5.74) is 13.4. The Morgan fingerprint density at radius 2 is 0.825 bits per heavy atom. The van der Waals surface area contributed by atoms with Crippen LogP contribution in [0.5, 0.6) is 0 Å². The third-order valence-electron chi connectivity index (χ3n) is 12.3. The van der Waals surface area contributed by atoms with Gasteiger partial charge in [-0.1, -0.05) is 212 Å². The van der Waals surface area contributed by atoms with E-state index in [1.165, 1.54) is 82.7 Å². The third-order valence-corrected chi connectivity index (χ3v) is 12.3. The summed E-state index contributed by atoms with van der Waals surface area (Å²) < 4.78 is 0. The maximum absolute atomic E-state index is 3.96. The summed E-state index contributed by atoms with van der Waals surface area (Å²) in [5.74, 6) is 0.